The van der Waals surface area contributed by atoms with Crippen molar-refractivity contribution in [2.45, 2.75) is 37.3 Å². The molecule has 2 saturated heterocycles. The summed E-state index contributed by atoms with van der Waals surface area (Å²) in [5, 5.41) is 22.7. The number of amides is 3. The predicted octanol–water partition coefficient (Wildman–Crippen LogP) is 0.740. The van der Waals surface area contributed by atoms with E-state index in [0.29, 0.717) is 19.4 Å². The molecule has 2 heterocycles. The van der Waals surface area contributed by atoms with Gasteiger partial charge >= 0.3 is 6.03 Å². The van der Waals surface area contributed by atoms with Gasteiger partial charge in [-0.15, -0.1) is 0 Å². The number of urea groups is 1. The summed E-state index contributed by atoms with van der Waals surface area (Å²) in [7, 11) is 0. The molecule has 28 heavy (non-hydrogen) atoms. The van der Waals surface area contributed by atoms with Crippen LogP contribution in [0.2, 0.25) is 0 Å². The molecule has 1 atom stereocenters. The molecule has 3 N–H and O–H groups in total. The van der Waals surface area contributed by atoms with Crippen LogP contribution in [0.3, 0.4) is 0 Å². The zero-order valence-electron chi connectivity index (χ0n) is 16.0. The second-order valence-corrected chi connectivity index (χ2v) is 8.09. The number of benzene rings is 1. The Morgan fingerprint density at radius 2 is 1.64 bits per heavy atom. The molecule has 0 bridgehead atoms. The van der Waals surface area contributed by atoms with Gasteiger partial charge in [0.2, 0.25) is 0 Å². The Morgan fingerprint density at radius 3 is 2.29 bits per heavy atom. The second kappa shape index (κ2) is 7.60. The first-order chi connectivity index (χ1) is 13.5. The number of aliphatic hydroxyl groups excluding tert-OH is 1. The number of piperazine rings is 1. The highest BCUT2D eigenvalue weighted by Crippen LogP contribution is 2.35. The summed E-state index contributed by atoms with van der Waals surface area (Å²) >= 11 is 0. The van der Waals surface area contributed by atoms with Crippen molar-refractivity contribution < 1.29 is 19.8 Å². The molecule has 1 aromatic carbocycles. The fourth-order valence-electron chi connectivity index (χ4n) is 4.58. The van der Waals surface area contributed by atoms with Crippen LogP contribution in [0.4, 0.5) is 10.5 Å². The van der Waals surface area contributed by atoms with E-state index in [-0.39, 0.29) is 24.2 Å². The Kier molecular flexibility index (Phi) is 5.16. The van der Waals surface area contributed by atoms with Crippen LogP contribution >= 0.6 is 0 Å². The van der Waals surface area contributed by atoms with E-state index in [1.54, 1.807) is 12.1 Å². The number of aromatic hydroxyl groups is 1. The number of carbonyl (C=O) groups excluding carboxylic acids is 2. The van der Waals surface area contributed by atoms with E-state index in [1.165, 1.54) is 4.90 Å². The minimum Gasteiger partial charge on any atom is -0.508 e. The topological polar surface area (TPSA) is 96.3 Å². The smallest absolute Gasteiger partial charge is 0.325 e. The number of β-amino-alcohol motifs (C(OH)–C–C–N with tert-alkyl or cyclic N) is 1. The monoisotopic (exact) mass is 388 g/mol. The summed E-state index contributed by atoms with van der Waals surface area (Å²) in [4.78, 5) is 30.5. The molecule has 2 aliphatic heterocycles. The van der Waals surface area contributed by atoms with Crippen LogP contribution in [0.5, 0.6) is 5.75 Å². The fourth-order valence-corrected chi connectivity index (χ4v) is 4.58. The molecule has 3 fully saturated rings. The van der Waals surface area contributed by atoms with Gasteiger partial charge in [-0.05, 0) is 37.1 Å². The lowest BCUT2D eigenvalue weighted by Crippen LogP contribution is -2.51. The number of hydrogen-bond acceptors (Lipinski definition) is 6. The van der Waals surface area contributed by atoms with Crippen molar-refractivity contribution in [3.8, 4) is 5.75 Å². The van der Waals surface area contributed by atoms with Crippen LogP contribution in [0.25, 0.3) is 0 Å². The number of nitrogens with one attached hydrogen (secondary N) is 1. The number of phenolic OH excluding ortho intramolecular Hbond substituents is 1. The molecule has 8 nitrogen and oxygen atoms in total. The van der Waals surface area contributed by atoms with Crippen molar-refractivity contribution in [3.63, 3.8) is 0 Å². The van der Waals surface area contributed by atoms with Gasteiger partial charge in [-0.3, -0.25) is 14.6 Å². The molecule has 0 radical (unpaired) electrons. The van der Waals surface area contributed by atoms with Crippen molar-refractivity contribution in [1.29, 1.82) is 0 Å². The van der Waals surface area contributed by atoms with Gasteiger partial charge in [0.1, 0.15) is 11.3 Å². The summed E-state index contributed by atoms with van der Waals surface area (Å²) < 4.78 is 0. The number of hydrogen-bond donors (Lipinski definition) is 3. The van der Waals surface area contributed by atoms with Crippen LogP contribution in [0, 0.1) is 0 Å². The number of phenols is 1. The third kappa shape index (κ3) is 3.66. The summed E-state index contributed by atoms with van der Waals surface area (Å²) in [6.07, 6.45) is 2.54. The van der Waals surface area contributed by atoms with E-state index < -0.39 is 11.6 Å². The second-order valence-electron chi connectivity index (χ2n) is 8.09. The number of carbonyl (C=O) groups is 2. The van der Waals surface area contributed by atoms with E-state index in [4.69, 9.17) is 0 Å². The van der Waals surface area contributed by atoms with Gasteiger partial charge in [-0.2, -0.15) is 0 Å². The third-order valence-electron chi connectivity index (χ3n) is 6.15. The molecule has 3 aliphatic rings. The minimum atomic E-state index is -0.758. The number of rotatable bonds is 5. The predicted molar refractivity (Wildman–Crippen MR) is 104 cm³/mol. The molecule has 1 aliphatic carbocycles. The molecular weight excluding hydrogens is 360 g/mol. The largest absolute Gasteiger partial charge is 0.508 e. The lowest BCUT2D eigenvalue weighted by Gasteiger charge is -2.37. The van der Waals surface area contributed by atoms with E-state index in [9.17, 15) is 19.8 Å². The zero-order chi connectivity index (χ0) is 19.7. The molecule has 152 valence electrons. The normalized spacial score (nSPS) is 23.5. The standard InChI is InChI=1S/C20H28N4O4/c25-16-5-3-15(4-6-16)23-11-9-22(10-12-23)13-17(26)14-24-18(27)20(21-19(24)28)7-1-2-8-20/h3-6,17,25-26H,1-2,7-14H2,(H,21,28)/t17-/m1/s1. The molecule has 4 rings (SSSR count). The number of nitrogens with zero attached hydrogens (tertiary/aromatic N) is 3. The van der Waals surface area contributed by atoms with Gasteiger partial charge < -0.3 is 20.4 Å². The van der Waals surface area contributed by atoms with Crippen LogP contribution in [0.1, 0.15) is 25.7 Å². The van der Waals surface area contributed by atoms with Gasteiger partial charge in [-0.1, -0.05) is 12.8 Å². The van der Waals surface area contributed by atoms with Crippen molar-refractivity contribution in [3.05, 3.63) is 24.3 Å². The highest BCUT2D eigenvalue weighted by molar-refractivity contribution is 6.07. The number of anilines is 1. The number of imide groups is 1. The van der Waals surface area contributed by atoms with Gasteiger partial charge in [0.15, 0.2) is 0 Å². The minimum absolute atomic E-state index is 0.0462. The van der Waals surface area contributed by atoms with Crippen molar-refractivity contribution in [2.75, 3.05) is 44.2 Å². The van der Waals surface area contributed by atoms with Crippen molar-refractivity contribution in [1.82, 2.24) is 15.1 Å². The van der Waals surface area contributed by atoms with E-state index in [2.05, 4.69) is 15.1 Å². The van der Waals surface area contributed by atoms with Gasteiger partial charge in [-0.25, -0.2) is 4.79 Å². The SMILES string of the molecule is O=C1NC2(CCCC2)C(=O)N1C[C@H](O)CN1CCN(c2ccc(O)cc2)CC1. The highest BCUT2D eigenvalue weighted by atomic mass is 16.3. The maximum absolute atomic E-state index is 12.7. The van der Waals surface area contributed by atoms with Crippen LogP contribution < -0.4 is 10.2 Å². The van der Waals surface area contributed by atoms with Crippen LogP contribution in [-0.4, -0.2) is 82.9 Å². The van der Waals surface area contributed by atoms with E-state index in [0.717, 1.165) is 44.7 Å². The van der Waals surface area contributed by atoms with Gasteiger partial charge in [0.05, 0.1) is 12.6 Å². The Hall–Kier alpha value is -2.32. The summed E-state index contributed by atoms with van der Waals surface area (Å²) in [6.45, 7) is 3.72. The van der Waals surface area contributed by atoms with Crippen LogP contribution in [0.15, 0.2) is 24.3 Å². The zero-order valence-corrected chi connectivity index (χ0v) is 16.0. The first-order valence-electron chi connectivity index (χ1n) is 10.1. The maximum atomic E-state index is 12.7. The maximum Gasteiger partial charge on any atom is 0.325 e. The number of aliphatic hydroxyl groups is 1. The molecule has 1 spiro atoms. The Bertz CT molecular complexity index is 724. The van der Waals surface area contributed by atoms with Gasteiger partial charge in [0.25, 0.3) is 5.91 Å². The molecule has 1 saturated carbocycles. The quantitative estimate of drug-likeness (QED) is 0.644. The average molecular weight is 388 g/mol. The first-order valence-corrected chi connectivity index (χ1v) is 10.1. The fraction of sp³-hybridized carbons (Fsp3) is 0.600. The third-order valence-corrected chi connectivity index (χ3v) is 6.15. The molecule has 8 heteroatoms. The first kappa shape index (κ1) is 19.0. The lowest BCUT2D eigenvalue weighted by molar-refractivity contribution is -0.132. The van der Waals surface area contributed by atoms with E-state index >= 15 is 0 Å². The Labute approximate surface area is 164 Å². The molecular formula is C20H28N4O4. The Balaban J connectivity index is 1.27. The van der Waals surface area contributed by atoms with E-state index in [1.807, 2.05) is 12.1 Å². The van der Waals surface area contributed by atoms with Crippen molar-refractivity contribution >= 4 is 17.6 Å². The molecule has 0 unspecified atom stereocenters. The Morgan fingerprint density at radius 1 is 1.00 bits per heavy atom. The summed E-state index contributed by atoms with van der Waals surface area (Å²) in [5.74, 6) is 0.0802. The lowest BCUT2D eigenvalue weighted by atomic mass is 9.98. The molecule has 3 amide bonds. The summed E-state index contributed by atoms with van der Waals surface area (Å²) in [5.41, 5.74) is 0.353. The highest BCUT2D eigenvalue weighted by Gasteiger charge is 2.52. The average Bonchev–Trinajstić information content (AvgIpc) is 3.24. The van der Waals surface area contributed by atoms with Crippen molar-refractivity contribution in [2.24, 2.45) is 0 Å². The molecule has 1 aromatic rings. The molecule has 0 aromatic heterocycles. The van der Waals surface area contributed by atoms with Gasteiger partial charge in [0, 0.05) is 38.4 Å². The summed E-state index contributed by atoms with van der Waals surface area (Å²) in [6, 6.07) is 6.79. The van der Waals surface area contributed by atoms with Crippen LogP contribution in [-0.2, 0) is 4.79 Å².